The van der Waals surface area contributed by atoms with Crippen LogP contribution in [-0.2, 0) is 11.2 Å². The maximum Gasteiger partial charge on any atom is 0.251 e. The molecule has 0 bridgehead atoms. The minimum atomic E-state index is -0.995. The number of aromatic nitrogens is 1. The van der Waals surface area contributed by atoms with Crippen LogP contribution in [0.5, 0.6) is 0 Å². The summed E-state index contributed by atoms with van der Waals surface area (Å²) in [6, 6.07) is 12.5. The molecule has 9 heteroatoms. The summed E-state index contributed by atoms with van der Waals surface area (Å²) in [5.41, 5.74) is 0.510. The molecule has 1 atom stereocenters. The van der Waals surface area contributed by atoms with Crippen LogP contribution in [0.15, 0.2) is 46.9 Å². The zero-order valence-electron chi connectivity index (χ0n) is 15.6. The number of halogens is 2. The van der Waals surface area contributed by atoms with Crippen LogP contribution in [0.3, 0.4) is 0 Å². The van der Waals surface area contributed by atoms with Gasteiger partial charge in [-0.3, -0.25) is 9.59 Å². The van der Waals surface area contributed by atoms with Crippen molar-refractivity contribution in [1.82, 2.24) is 15.6 Å². The topological polar surface area (TPSA) is 108 Å². The highest BCUT2D eigenvalue weighted by Crippen LogP contribution is 2.34. The summed E-state index contributed by atoms with van der Waals surface area (Å²) in [7, 11) is 0. The number of nitrogens with zero attached hydrogens (tertiary/aromatic N) is 2. The van der Waals surface area contributed by atoms with Gasteiger partial charge in [-0.1, -0.05) is 29.3 Å². The van der Waals surface area contributed by atoms with Gasteiger partial charge in [0.15, 0.2) is 11.5 Å². The third-order valence-electron chi connectivity index (χ3n) is 4.81. The molecule has 0 spiro atoms. The summed E-state index contributed by atoms with van der Waals surface area (Å²) in [5.74, 6) is -0.691. The molecule has 0 unspecified atom stereocenters. The van der Waals surface area contributed by atoms with E-state index in [-0.39, 0.29) is 12.3 Å². The van der Waals surface area contributed by atoms with E-state index in [4.69, 9.17) is 27.6 Å². The fraction of sp³-hybridized carbons (Fsp3) is 0.238. The van der Waals surface area contributed by atoms with E-state index in [2.05, 4.69) is 21.7 Å². The summed E-state index contributed by atoms with van der Waals surface area (Å²) in [4.78, 5) is 29.9. The van der Waals surface area contributed by atoms with Crippen LogP contribution >= 0.6 is 23.2 Å². The molecule has 0 aliphatic heterocycles. The van der Waals surface area contributed by atoms with Crippen molar-refractivity contribution in [2.75, 3.05) is 0 Å². The first kappa shape index (κ1) is 20.2. The molecule has 1 fully saturated rings. The van der Waals surface area contributed by atoms with Gasteiger partial charge in [-0.2, -0.15) is 5.26 Å². The minimum Gasteiger partial charge on any atom is -0.441 e. The summed E-state index contributed by atoms with van der Waals surface area (Å²) >= 11 is 11.9. The first-order valence-corrected chi connectivity index (χ1v) is 9.98. The normalized spacial score (nSPS) is 15.2. The SMILES string of the molecule is N#CC1(NC(=O)[C@H](Cc2nc3cc(Cl)ccc3o2)NC(=O)c2cccc(Cl)c2)CC1. The average Bonchev–Trinajstić information content (AvgIpc) is 3.38. The van der Waals surface area contributed by atoms with Crippen LogP contribution in [-0.4, -0.2) is 28.4 Å². The van der Waals surface area contributed by atoms with E-state index < -0.39 is 23.4 Å². The lowest BCUT2D eigenvalue weighted by Crippen LogP contribution is -2.51. The van der Waals surface area contributed by atoms with Gasteiger partial charge in [-0.25, -0.2) is 4.98 Å². The smallest absolute Gasteiger partial charge is 0.251 e. The van der Waals surface area contributed by atoms with Crippen LogP contribution in [0.2, 0.25) is 10.0 Å². The Morgan fingerprint density at radius 1 is 1.20 bits per heavy atom. The van der Waals surface area contributed by atoms with Crippen LogP contribution in [0.25, 0.3) is 11.1 Å². The number of fused-ring (bicyclic) bond motifs is 1. The Kier molecular flexibility index (Phi) is 5.37. The summed E-state index contributed by atoms with van der Waals surface area (Å²) in [6.45, 7) is 0. The predicted molar refractivity (Wildman–Crippen MR) is 111 cm³/mol. The van der Waals surface area contributed by atoms with Crippen LogP contribution < -0.4 is 10.6 Å². The first-order valence-electron chi connectivity index (χ1n) is 9.22. The summed E-state index contributed by atoms with van der Waals surface area (Å²) in [6.07, 6.45) is 1.16. The highest BCUT2D eigenvalue weighted by Gasteiger charge is 2.45. The van der Waals surface area contributed by atoms with E-state index in [1.54, 1.807) is 36.4 Å². The summed E-state index contributed by atoms with van der Waals surface area (Å²) in [5, 5.41) is 15.6. The van der Waals surface area contributed by atoms with Gasteiger partial charge in [0.1, 0.15) is 17.1 Å². The Morgan fingerprint density at radius 2 is 1.97 bits per heavy atom. The van der Waals surface area contributed by atoms with E-state index in [0.29, 0.717) is 39.6 Å². The lowest BCUT2D eigenvalue weighted by molar-refractivity contribution is -0.123. The molecule has 1 aliphatic carbocycles. The standard InChI is InChI=1S/C21H16Cl2N4O3/c22-13-3-1-2-12(8-13)19(28)26-16(20(29)27-21(11-24)6-7-21)10-18-25-15-9-14(23)4-5-17(15)30-18/h1-5,8-9,16H,6-7,10H2,(H,26,28)(H,27,29)/t16-/m0/s1. The molecule has 7 nitrogen and oxygen atoms in total. The molecule has 2 N–H and O–H groups in total. The van der Waals surface area contributed by atoms with E-state index >= 15 is 0 Å². The number of amides is 2. The van der Waals surface area contributed by atoms with Gasteiger partial charge in [0.05, 0.1) is 12.5 Å². The number of hydrogen-bond donors (Lipinski definition) is 2. The zero-order chi connectivity index (χ0) is 21.3. The Morgan fingerprint density at radius 3 is 2.67 bits per heavy atom. The van der Waals surface area contributed by atoms with Crippen LogP contribution in [0, 0.1) is 11.3 Å². The number of carbonyl (C=O) groups is 2. The van der Waals surface area contributed by atoms with Crippen LogP contribution in [0.1, 0.15) is 29.1 Å². The van der Waals surface area contributed by atoms with E-state index in [0.717, 1.165) is 0 Å². The lowest BCUT2D eigenvalue weighted by atomic mass is 10.1. The maximum atomic E-state index is 12.9. The third-order valence-corrected chi connectivity index (χ3v) is 5.28. The number of hydrogen-bond acceptors (Lipinski definition) is 5. The molecule has 1 saturated carbocycles. The number of nitrogens with one attached hydrogen (secondary N) is 2. The lowest BCUT2D eigenvalue weighted by Gasteiger charge is -2.19. The Hall–Kier alpha value is -3.08. The monoisotopic (exact) mass is 442 g/mol. The second-order valence-electron chi connectivity index (χ2n) is 7.14. The molecule has 2 amide bonds. The van der Waals surface area contributed by atoms with Crippen molar-refractivity contribution in [3.63, 3.8) is 0 Å². The van der Waals surface area contributed by atoms with Gasteiger partial charge in [0, 0.05) is 15.6 Å². The second-order valence-corrected chi connectivity index (χ2v) is 8.02. The molecule has 3 aromatic rings. The van der Waals surface area contributed by atoms with E-state index in [9.17, 15) is 14.9 Å². The molecule has 0 saturated heterocycles. The van der Waals surface area contributed by atoms with Gasteiger partial charge in [0.25, 0.3) is 5.91 Å². The fourth-order valence-corrected chi connectivity index (χ4v) is 3.36. The number of nitriles is 1. The third kappa shape index (κ3) is 4.40. The molecule has 0 radical (unpaired) electrons. The van der Waals surface area contributed by atoms with Gasteiger partial charge in [-0.15, -0.1) is 0 Å². The molecule has 1 aliphatic rings. The number of oxazole rings is 1. The molecule has 4 rings (SSSR count). The number of benzene rings is 2. The van der Waals surface area contributed by atoms with Crippen molar-refractivity contribution >= 4 is 46.1 Å². The van der Waals surface area contributed by atoms with Gasteiger partial charge in [0.2, 0.25) is 5.91 Å². The Labute approximate surface area is 182 Å². The second kappa shape index (κ2) is 7.98. The van der Waals surface area contributed by atoms with Crippen molar-refractivity contribution in [3.8, 4) is 6.07 Å². The zero-order valence-corrected chi connectivity index (χ0v) is 17.1. The fourth-order valence-electron chi connectivity index (χ4n) is 3.00. The van der Waals surface area contributed by atoms with Crippen molar-refractivity contribution in [3.05, 3.63) is 64.0 Å². The van der Waals surface area contributed by atoms with Crippen LogP contribution in [0.4, 0.5) is 0 Å². The van der Waals surface area contributed by atoms with E-state index in [1.165, 1.54) is 6.07 Å². The highest BCUT2D eigenvalue weighted by molar-refractivity contribution is 6.31. The first-order chi connectivity index (χ1) is 14.4. The van der Waals surface area contributed by atoms with Gasteiger partial charge >= 0.3 is 0 Å². The van der Waals surface area contributed by atoms with Crippen molar-refractivity contribution in [2.24, 2.45) is 0 Å². The average molecular weight is 443 g/mol. The van der Waals surface area contributed by atoms with Gasteiger partial charge < -0.3 is 15.1 Å². The maximum absolute atomic E-state index is 12.9. The van der Waals surface area contributed by atoms with Gasteiger partial charge in [-0.05, 0) is 49.2 Å². The van der Waals surface area contributed by atoms with Crippen molar-refractivity contribution in [2.45, 2.75) is 30.8 Å². The Balaban J connectivity index is 1.58. The van der Waals surface area contributed by atoms with Crippen molar-refractivity contribution < 1.29 is 14.0 Å². The Bertz CT molecular complexity index is 1180. The van der Waals surface area contributed by atoms with Crippen molar-refractivity contribution in [1.29, 1.82) is 5.26 Å². The molecular weight excluding hydrogens is 427 g/mol. The quantitative estimate of drug-likeness (QED) is 0.605. The highest BCUT2D eigenvalue weighted by atomic mass is 35.5. The molecular formula is C21H16Cl2N4O3. The minimum absolute atomic E-state index is 0.00590. The number of carbonyl (C=O) groups excluding carboxylic acids is 2. The number of rotatable bonds is 6. The molecule has 2 aromatic carbocycles. The molecule has 1 heterocycles. The van der Waals surface area contributed by atoms with E-state index in [1.807, 2.05) is 0 Å². The molecule has 152 valence electrons. The molecule has 30 heavy (non-hydrogen) atoms. The molecule has 1 aromatic heterocycles. The summed E-state index contributed by atoms with van der Waals surface area (Å²) < 4.78 is 5.69. The largest absolute Gasteiger partial charge is 0.441 e. The predicted octanol–water partition coefficient (Wildman–Crippen LogP) is 3.65.